The Balaban J connectivity index is 3.12. The van der Waals surface area contributed by atoms with Crippen LogP contribution in [0.5, 0.6) is 0 Å². The van der Waals surface area contributed by atoms with Gasteiger partial charge in [0.2, 0.25) is 0 Å². The molecule has 6 nitrogen and oxygen atoms in total. The SMILES string of the molecule is C#CCN(C)S(=O)(F)=Nc1ccc(N=S(=O)(F)N(C)CC#C)cc1. The van der Waals surface area contributed by atoms with Gasteiger partial charge in [-0.15, -0.1) is 20.6 Å². The Bertz CT molecular complexity index is 825. The lowest BCUT2D eigenvalue weighted by Gasteiger charge is -2.11. The van der Waals surface area contributed by atoms with Crippen molar-refractivity contribution in [1.29, 1.82) is 0 Å². The molecule has 10 heteroatoms. The number of nitrogens with zero attached hydrogens (tertiary/aromatic N) is 4. The number of terminal acetylenes is 2. The topological polar surface area (TPSA) is 65.3 Å². The lowest BCUT2D eigenvalue weighted by molar-refractivity contribution is 0.522. The fraction of sp³-hybridized carbons (Fsp3) is 0.286. The summed E-state index contributed by atoms with van der Waals surface area (Å²) in [5, 5.41) is 0. The number of hydrogen-bond acceptors (Lipinski definition) is 4. The lowest BCUT2D eigenvalue weighted by Crippen LogP contribution is -2.22. The van der Waals surface area contributed by atoms with Crippen LogP contribution in [0.3, 0.4) is 0 Å². The molecule has 0 heterocycles. The number of hydrogen-bond donors (Lipinski definition) is 0. The van der Waals surface area contributed by atoms with Crippen molar-refractivity contribution in [3.8, 4) is 24.7 Å². The molecule has 0 aliphatic rings. The molecule has 0 spiro atoms. The molecule has 0 saturated heterocycles. The number of benzene rings is 1. The quantitative estimate of drug-likeness (QED) is 0.567. The van der Waals surface area contributed by atoms with Crippen molar-refractivity contribution in [3.05, 3.63) is 24.3 Å². The second kappa shape index (κ2) is 8.22. The summed E-state index contributed by atoms with van der Waals surface area (Å²) >= 11 is 0. The third-order valence-corrected chi connectivity index (χ3v) is 5.35. The van der Waals surface area contributed by atoms with E-state index in [0.29, 0.717) is 0 Å². The van der Waals surface area contributed by atoms with Crippen molar-refractivity contribution in [1.82, 2.24) is 8.61 Å². The molecule has 1 aromatic rings. The van der Waals surface area contributed by atoms with E-state index in [0.717, 1.165) is 8.61 Å². The van der Waals surface area contributed by atoms with E-state index in [-0.39, 0.29) is 24.5 Å². The van der Waals surface area contributed by atoms with Gasteiger partial charge < -0.3 is 0 Å². The first-order valence-corrected chi connectivity index (χ1v) is 9.20. The first kappa shape index (κ1) is 20.1. The molecule has 2 atom stereocenters. The van der Waals surface area contributed by atoms with E-state index in [2.05, 4.69) is 20.6 Å². The standard InChI is InChI=1S/C14H16F2N4O2S2/c1-5-11-19(3)23(15,21)17-13-7-9-14(10-8-13)18-24(16,22)20(4)12-6-2/h1-2,7-10H,11-12H2,3-4H3. The highest BCUT2D eigenvalue weighted by Crippen LogP contribution is 2.23. The average molecular weight is 374 g/mol. The van der Waals surface area contributed by atoms with Crippen molar-refractivity contribution >= 4 is 32.0 Å². The Labute approximate surface area is 142 Å². The number of rotatable bonds is 6. The summed E-state index contributed by atoms with van der Waals surface area (Å²) in [4.78, 5) is 0. The molecule has 0 N–H and O–H groups in total. The molecule has 0 aromatic heterocycles. The zero-order valence-electron chi connectivity index (χ0n) is 13.1. The molecule has 0 aliphatic carbocycles. The molecule has 1 rings (SSSR count). The third kappa shape index (κ3) is 5.58. The highest BCUT2D eigenvalue weighted by molar-refractivity contribution is 7.86. The van der Waals surface area contributed by atoms with Gasteiger partial charge >= 0.3 is 0 Å². The van der Waals surface area contributed by atoms with Crippen LogP contribution in [0.4, 0.5) is 19.1 Å². The smallest absolute Gasteiger partial charge is 0.199 e. The summed E-state index contributed by atoms with van der Waals surface area (Å²) in [5.41, 5.74) is 0.0697. The molecule has 0 aliphatic heterocycles. The summed E-state index contributed by atoms with van der Waals surface area (Å²) in [6.07, 6.45) is 10.1. The Hall–Kier alpha value is -1.98. The first-order chi connectivity index (χ1) is 11.1. The Morgan fingerprint density at radius 1 is 0.917 bits per heavy atom. The minimum Gasteiger partial charge on any atom is -0.199 e. The Morgan fingerprint density at radius 2 is 1.21 bits per heavy atom. The maximum Gasteiger partial charge on any atom is 0.276 e. The maximum absolute atomic E-state index is 14.0. The fourth-order valence-electron chi connectivity index (χ4n) is 1.39. The van der Waals surface area contributed by atoms with Crippen molar-refractivity contribution in [2.75, 3.05) is 27.2 Å². The van der Waals surface area contributed by atoms with Gasteiger partial charge in [-0.25, -0.2) is 0 Å². The summed E-state index contributed by atoms with van der Waals surface area (Å²) in [6, 6.07) is 5.05. The highest BCUT2D eigenvalue weighted by atomic mass is 32.3. The van der Waals surface area contributed by atoms with Crippen molar-refractivity contribution in [2.24, 2.45) is 8.73 Å². The van der Waals surface area contributed by atoms with Gasteiger partial charge in [-0.1, -0.05) is 11.8 Å². The van der Waals surface area contributed by atoms with Crippen LogP contribution in [0.1, 0.15) is 0 Å². The van der Waals surface area contributed by atoms with Gasteiger partial charge in [0.25, 0.3) is 20.6 Å². The minimum absolute atomic E-state index is 0.0349. The molecule has 2 unspecified atom stereocenters. The van der Waals surface area contributed by atoms with Gasteiger partial charge in [0, 0.05) is 14.1 Å². The molecular formula is C14H16F2N4O2S2. The van der Waals surface area contributed by atoms with Gasteiger partial charge in [-0.05, 0) is 24.3 Å². The zero-order chi connectivity index (χ0) is 18.4. The third-order valence-electron chi connectivity index (χ3n) is 2.68. The monoisotopic (exact) mass is 374 g/mol. The van der Waals surface area contributed by atoms with Crippen LogP contribution in [0, 0.1) is 24.7 Å². The summed E-state index contributed by atoms with van der Waals surface area (Å²) < 4.78 is 59.9. The Morgan fingerprint density at radius 3 is 1.46 bits per heavy atom. The van der Waals surface area contributed by atoms with Crippen LogP contribution >= 0.6 is 0 Å². The normalized spacial score (nSPS) is 15.8. The van der Waals surface area contributed by atoms with E-state index in [1.165, 1.54) is 38.4 Å². The molecule has 24 heavy (non-hydrogen) atoms. The van der Waals surface area contributed by atoms with Crippen LogP contribution < -0.4 is 0 Å². The van der Waals surface area contributed by atoms with Gasteiger partial charge in [-0.3, -0.25) is 0 Å². The van der Waals surface area contributed by atoms with Crippen molar-refractivity contribution < 1.29 is 16.2 Å². The molecular weight excluding hydrogens is 358 g/mol. The van der Waals surface area contributed by atoms with Crippen molar-refractivity contribution in [3.63, 3.8) is 0 Å². The predicted molar refractivity (Wildman–Crippen MR) is 92.0 cm³/mol. The summed E-state index contributed by atoms with van der Waals surface area (Å²) in [5.74, 6) is 4.31. The molecule has 0 saturated carbocycles. The Kier molecular flexibility index (Phi) is 6.87. The summed E-state index contributed by atoms with van der Waals surface area (Å²) in [6.45, 7) is -0.366. The minimum atomic E-state index is -4.17. The fourth-order valence-corrected chi connectivity index (χ4v) is 2.90. The largest absolute Gasteiger partial charge is 0.276 e. The first-order valence-electron chi connectivity index (χ1n) is 6.45. The number of halogens is 2. The highest BCUT2D eigenvalue weighted by Gasteiger charge is 2.15. The van der Waals surface area contributed by atoms with E-state index in [9.17, 15) is 16.2 Å². The predicted octanol–water partition coefficient (Wildman–Crippen LogP) is 2.61. The van der Waals surface area contributed by atoms with Gasteiger partial charge in [0.15, 0.2) is 0 Å². The maximum atomic E-state index is 14.0. The molecule has 130 valence electrons. The van der Waals surface area contributed by atoms with E-state index >= 15 is 0 Å². The van der Waals surface area contributed by atoms with E-state index in [1.807, 2.05) is 0 Å². The van der Waals surface area contributed by atoms with Gasteiger partial charge in [-0.2, -0.15) is 25.8 Å². The molecule has 0 radical (unpaired) electrons. The van der Waals surface area contributed by atoms with Crippen LogP contribution in [-0.2, 0) is 20.6 Å². The van der Waals surface area contributed by atoms with Crippen LogP contribution in [-0.4, -0.2) is 44.2 Å². The van der Waals surface area contributed by atoms with Crippen LogP contribution in [0.15, 0.2) is 33.0 Å². The lowest BCUT2D eigenvalue weighted by atomic mass is 10.3. The summed E-state index contributed by atoms with van der Waals surface area (Å²) in [7, 11) is -5.88. The molecule has 0 amide bonds. The second-order valence-electron chi connectivity index (χ2n) is 4.54. The average Bonchev–Trinajstić information content (AvgIpc) is 2.49. The van der Waals surface area contributed by atoms with Gasteiger partial charge in [0.1, 0.15) is 0 Å². The van der Waals surface area contributed by atoms with E-state index in [1.54, 1.807) is 0 Å². The van der Waals surface area contributed by atoms with Crippen molar-refractivity contribution in [2.45, 2.75) is 0 Å². The molecule has 1 aromatic carbocycles. The van der Waals surface area contributed by atoms with Gasteiger partial charge in [0.05, 0.1) is 24.5 Å². The molecule has 0 fully saturated rings. The van der Waals surface area contributed by atoms with E-state index < -0.39 is 20.6 Å². The van der Waals surface area contributed by atoms with E-state index in [4.69, 9.17) is 12.8 Å². The van der Waals surface area contributed by atoms with Crippen LogP contribution in [0.2, 0.25) is 0 Å². The van der Waals surface area contributed by atoms with Crippen LogP contribution in [0.25, 0.3) is 0 Å². The molecule has 0 bridgehead atoms. The second-order valence-corrected chi connectivity index (χ2v) is 7.88. The zero-order valence-corrected chi connectivity index (χ0v) is 14.7.